The molecule has 0 spiro atoms. The molecule has 2 aromatic heterocycles. The van der Waals surface area contributed by atoms with Crippen molar-refractivity contribution in [1.29, 1.82) is 0 Å². The Bertz CT molecular complexity index is 985. The predicted octanol–water partition coefficient (Wildman–Crippen LogP) is 1.26. The Kier molecular flexibility index (Phi) is 5.30. The topological polar surface area (TPSA) is 98.9 Å². The third kappa shape index (κ3) is 4.02. The standard InChI is InChI=1S/C18H19N5O4/c1-12-8-9-19-18-20-16(21-23(12)18)17(25)27-11-15(24)22(2)10-13-6-4-5-7-14(13)26-3/h4-9H,10-11H2,1-3H3. The molecule has 3 aromatic rings. The van der Waals surface area contributed by atoms with Gasteiger partial charge in [-0.15, -0.1) is 5.10 Å². The molecule has 1 aromatic carbocycles. The molecule has 27 heavy (non-hydrogen) atoms. The van der Waals surface area contributed by atoms with Gasteiger partial charge in [-0.2, -0.15) is 4.98 Å². The van der Waals surface area contributed by atoms with Gasteiger partial charge < -0.3 is 14.4 Å². The Labute approximate surface area is 155 Å². The quantitative estimate of drug-likeness (QED) is 0.603. The zero-order valence-corrected chi connectivity index (χ0v) is 15.2. The van der Waals surface area contributed by atoms with Crippen molar-refractivity contribution in [3.63, 3.8) is 0 Å². The van der Waals surface area contributed by atoms with Crippen LogP contribution in [0.3, 0.4) is 0 Å². The first kappa shape index (κ1) is 18.3. The average molecular weight is 369 g/mol. The molecule has 0 unspecified atom stereocenters. The molecule has 0 aliphatic rings. The average Bonchev–Trinajstić information content (AvgIpc) is 3.12. The minimum Gasteiger partial charge on any atom is -0.496 e. The van der Waals surface area contributed by atoms with Crippen molar-refractivity contribution in [2.45, 2.75) is 13.5 Å². The highest BCUT2D eigenvalue weighted by Crippen LogP contribution is 2.18. The fourth-order valence-electron chi connectivity index (χ4n) is 2.47. The van der Waals surface area contributed by atoms with Crippen molar-refractivity contribution >= 4 is 17.7 Å². The predicted molar refractivity (Wildman–Crippen MR) is 95.3 cm³/mol. The second kappa shape index (κ2) is 7.81. The molecule has 0 saturated carbocycles. The van der Waals surface area contributed by atoms with Crippen molar-refractivity contribution in [2.24, 2.45) is 0 Å². The molecule has 9 nitrogen and oxygen atoms in total. The van der Waals surface area contributed by atoms with E-state index in [9.17, 15) is 9.59 Å². The van der Waals surface area contributed by atoms with Gasteiger partial charge in [-0.1, -0.05) is 18.2 Å². The summed E-state index contributed by atoms with van der Waals surface area (Å²) in [5.74, 6) is -0.296. The van der Waals surface area contributed by atoms with Gasteiger partial charge in [-0.05, 0) is 19.1 Å². The molecular weight excluding hydrogens is 350 g/mol. The monoisotopic (exact) mass is 369 g/mol. The van der Waals surface area contributed by atoms with Gasteiger partial charge in [-0.3, -0.25) is 4.79 Å². The fourth-order valence-corrected chi connectivity index (χ4v) is 2.47. The zero-order chi connectivity index (χ0) is 19.4. The van der Waals surface area contributed by atoms with E-state index in [4.69, 9.17) is 9.47 Å². The molecule has 2 heterocycles. The lowest BCUT2D eigenvalue weighted by Gasteiger charge is -2.18. The number of carbonyl (C=O) groups is 2. The van der Waals surface area contributed by atoms with Gasteiger partial charge in [-0.25, -0.2) is 14.3 Å². The molecule has 140 valence electrons. The SMILES string of the molecule is COc1ccccc1CN(C)C(=O)COC(=O)c1nc2nccc(C)n2n1. The van der Waals surface area contributed by atoms with E-state index in [1.54, 1.807) is 26.4 Å². The van der Waals surface area contributed by atoms with Gasteiger partial charge in [0.2, 0.25) is 0 Å². The summed E-state index contributed by atoms with van der Waals surface area (Å²) in [4.78, 5) is 33.9. The molecule has 9 heteroatoms. The second-order valence-corrected chi connectivity index (χ2v) is 5.87. The molecule has 0 atom stereocenters. The molecule has 0 aliphatic carbocycles. The van der Waals surface area contributed by atoms with Crippen molar-refractivity contribution < 1.29 is 19.1 Å². The number of ether oxygens (including phenoxy) is 2. The van der Waals surface area contributed by atoms with E-state index < -0.39 is 12.6 Å². The van der Waals surface area contributed by atoms with Gasteiger partial charge >= 0.3 is 5.97 Å². The number of likely N-dealkylation sites (N-methyl/N-ethyl adjacent to an activating group) is 1. The molecule has 0 fully saturated rings. The first-order chi connectivity index (χ1) is 13.0. The van der Waals surface area contributed by atoms with Crippen LogP contribution < -0.4 is 4.74 Å². The summed E-state index contributed by atoms with van der Waals surface area (Å²) in [7, 11) is 3.19. The number of esters is 1. The summed E-state index contributed by atoms with van der Waals surface area (Å²) in [6.45, 7) is 1.73. The summed E-state index contributed by atoms with van der Waals surface area (Å²) in [6, 6.07) is 9.14. The number of nitrogens with zero attached hydrogens (tertiary/aromatic N) is 5. The summed E-state index contributed by atoms with van der Waals surface area (Å²) >= 11 is 0. The van der Waals surface area contributed by atoms with Crippen LogP contribution >= 0.6 is 0 Å². The zero-order valence-electron chi connectivity index (χ0n) is 15.2. The molecule has 0 radical (unpaired) electrons. The maximum absolute atomic E-state index is 12.3. The number of hydrogen-bond donors (Lipinski definition) is 0. The van der Waals surface area contributed by atoms with Gasteiger partial charge in [0, 0.05) is 31.0 Å². The molecule has 0 aliphatic heterocycles. The van der Waals surface area contributed by atoms with Gasteiger partial charge in [0.15, 0.2) is 6.61 Å². The maximum atomic E-state index is 12.3. The number of fused-ring (bicyclic) bond motifs is 1. The van der Waals surface area contributed by atoms with Gasteiger partial charge in [0.05, 0.1) is 7.11 Å². The number of aryl methyl sites for hydroxylation is 1. The van der Waals surface area contributed by atoms with Crippen LogP contribution in [0.25, 0.3) is 5.78 Å². The molecule has 0 N–H and O–H groups in total. The fraction of sp³-hybridized carbons (Fsp3) is 0.278. The number of rotatable bonds is 6. The van der Waals surface area contributed by atoms with Crippen LogP contribution in [0.15, 0.2) is 36.5 Å². The van der Waals surface area contributed by atoms with Crippen LogP contribution in [0, 0.1) is 6.92 Å². The first-order valence-corrected chi connectivity index (χ1v) is 8.21. The number of hydrogen-bond acceptors (Lipinski definition) is 7. The summed E-state index contributed by atoms with van der Waals surface area (Å²) < 4.78 is 11.8. The number of benzene rings is 1. The Hall–Kier alpha value is -3.49. The number of aromatic nitrogens is 4. The third-order valence-corrected chi connectivity index (χ3v) is 3.97. The van der Waals surface area contributed by atoms with Crippen LogP contribution in [0.5, 0.6) is 5.75 Å². The van der Waals surface area contributed by atoms with Crippen LogP contribution in [0.4, 0.5) is 0 Å². The molecule has 3 rings (SSSR count). The van der Waals surface area contributed by atoms with Crippen LogP contribution in [-0.2, 0) is 16.1 Å². The molecule has 0 saturated heterocycles. The number of methoxy groups -OCH3 is 1. The highest BCUT2D eigenvalue weighted by Gasteiger charge is 2.19. The van der Waals surface area contributed by atoms with E-state index in [0.717, 1.165) is 11.3 Å². The van der Waals surface area contributed by atoms with E-state index >= 15 is 0 Å². The largest absolute Gasteiger partial charge is 0.496 e. The normalized spacial score (nSPS) is 10.6. The van der Waals surface area contributed by atoms with Gasteiger partial charge in [0.1, 0.15) is 5.75 Å². The minimum absolute atomic E-state index is 0.142. The maximum Gasteiger partial charge on any atom is 0.378 e. The van der Waals surface area contributed by atoms with E-state index in [-0.39, 0.29) is 11.7 Å². The highest BCUT2D eigenvalue weighted by atomic mass is 16.5. The number of carbonyl (C=O) groups excluding carboxylic acids is 2. The lowest BCUT2D eigenvalue weighted by atomic mass is 10.2. The Balaban J connectivity index is 1.60. The van der Waals surface area contributed by atoms with Crippen molar-refractivity contribution in [3.8, 4) is 5.75 Å². The van der Waals surface area contributed by atoms with Crippen molar-refractivity contribution in [1.82, 2.24) is 24.5 Å². The number of para-hydroxylation sites is 1. The second-order valence-electron chi connectivity index (χ2n) is 5.87. The first-order valence-electron chi connectivity index (χ1n) is 8.21. The van der Waals surface area contributed by atoms with Crippen LogP contribution in [0.1, 0.15) is 21.9 Å². The molecule has 0 bridgehead atoms. The molecule has 1 amide bonds. The Morgan fingerprint density at radius 1 is 1.22 bits per heavy atom. The smallest absolute Gasteiger partial charge is 0.378 e. The van der Waals surface area contributed by atoms with E-state index in [1.807, 2.05) is 31.2 Å². The van der Waals surface area contributed by atoms with Crippen molar-refractivity contribution in [3.05, 3.63) is 53.6 Å². The summed E-state index contributed by atoms with van der Waals surface area (Å²) in [6.07, 6.45) is 1.57. The molecular formula is C18H19N5O4. The van der Waals surface area contributed by atoms with E-state index in [2.05, 4.69) is 15.1 Å². The van der Waals surface area contributed by atoms with E-state index in [1.165, 1.54) is 9.42 Å². The summed E-state index contributed by atoms with van der Waals surface area (Å²) in [5.41, 5.74) is 1.63. The summed E-state index contributed by atoms with van der Waals surface area (Å²) in [5, 5.41) is 4.05. The lowest BCUT2D eigenvalue weighted by Crippen LogP contribution is -2.31. The third-order valence-electron chi connectivity index (χ3n) is 3.97. The minimum atomic E-state index is -0.779. The van der Waals surface area contributed by atoms with Crippen LogP contribution in [-0.4, -0.2) is 57.1 Å². The lowest BCUT2D eigenvalue weighted by molar-refractivity contribution is -0.133. The van der Waals surface area contributed by atoms with Crippen molar-refractivity contribution in [2.75, 3.05) is 20.8 Å². The Morgan fingerprint density at radius 2 is 2.00 bits per heavy atom. The van der Waals surface area contributed by atoms with E-state index in [0.29, 0.717) is 18.1 Å². The van der Waals surface area contributed by atoms with Crippen LogP contribution in [0.2, 0.25) is 0 Å². The number of amides is 1. The highest BCUT2D eigenvalue weighted by molar-refractivity contribution is 5.88. The Morgan fingerprint density at radius 3 is 2.74 bits per heavy atom. The van der Waals surface area contributed by atoms with Gasteiger partial charge in [0.25, 0.3) is 17.5 Å².